The van der Waals surface area contributed by atoms with Crippen molar-refractivity contribution in [3.63, 3.8) is 0 Å². The maximum absolute atomic E-state index is 13.8. The molecule has 0 spiro atoms. The van der Waals surface area contributed by atoms with Crippen molar-refractivity contribution in [1.82, 2.24) is 4.90 Å². The van der Waals surface area contributed by atoms with Crippen LogP contribution in [0.4, 0.5) is 4.39 Å². The average molecular weight is 189 g/mol. The predicted octanol–water partition coefficient (Wildman–Crippen LogP) is 1.70. The fourth-order valence-corrected chi connectivity index (χ4v) is 2.22. The summed E-state index contributed by atoms with van der Waals surface area (Å²) in [5.41, 5.74) is -1.09. The SMILES string of the molecule is COC[C@@H]1[C@@H](C(C)(C)F)CCN1C. The maximum atomic E-state index is 13.8. The third-order valence-electron chi connectivity index (χ3n) is 3.04. The van der Waals surface area contributed by atoms with Crippen LogP contribution in [0.2, 0.25) is 0 Å². The lowest BCUT2D eigenvalue weighted by atomic mass is 9.86. The largest absolute Gasteiger partial charge is 0.383 e. The summed E-state index contributed by atoms with van der Waals surface area (Å²) in [5, 5.41) is 0. The van der Waals surface area contributed by atoms with Gasteiger partial charge >= 0.3 is 0 Å². The van der Waals surface area contributed by atoms with Crippen LogP contribution in [-0.4, -0.2) is 43.9 Å². The van der Waals surface area contributed by atoms with Crippen LogP contribution in [-0.2, 0) is 4.74 Å². The molecule has 0 aromatic rings. The molecule has 0 aliphatic carbocycles. The minimum absolute atomic E-state index is 0.109. The number of nitrogens with zero attached hydrogens (tertiary/aromatic N) is 1. The van der Waals surface area contributed by atoms with Crippen LogP contribution < -0.4 is 0 Å². The Bertz CT molecular complexity index is 167. The Balaban J connectivity index is 2.64. The quantitative estimate of drug-likeness (QED) is 0.670. The minimum atomic E-state index is -1.09. The third-order valence-corrected chi connectivity index (χ3v) is 3.04. The molecule has 1 aliphatic rings. The van der Waals surface area contributed by atoms with Gasteiger partial charge in [0, 0.05) is 19.1 Å². The van der Waals surface area contributed by atoms with Crippen molar-refractivity contribution in [2.45, 2.75) is 32.0 Å². The first-order valence-corrected chi connectivity index (χ1v) is 4.85. The molecule has 0 radical (unpaired) electrons. The second kappa shape index (κ2) is 3.93. The number of likely N-dealkylation sites (N-methyl/N-ethyl adjacent to an activating group) is 1. The summed E-state index contributed by atoms with van der Waals surface area (Å²) in [7, 11) is 3.71. The maximum Gasteiger partial charge on any atom is 0.109 e. The smallest absolute Gasteiger partial charge is 0.109 e. The zero-order valence-corrected chi connectivity index (χ0v) is 9.01. The van der Waals surface area contributed by atoms with Gasteiger partial charge in [-0.05, 0) is 33.9 Å². The van der Waals surface area contributed by atoms with Crippen LogP contribution in [0.3, 0.4) is 0 Å². The van der Waals surface area contributed by atoms with Crippen LogP contribution in [0.1, 0.15) is 20.3 Å². The van der Waals surface area contributed by atoms with Crippen molar-refractivity contribution in [3.8, 4) is 0 Å². The molecule has 0 unspecified atom stereocenters. The highest BCUT2D eigenvalue weighted by molar-refractivity contribution is 4.93. The van der Waals surface area contributed by atoms with Crippen LogP contribution in [0.15, 0.2) is 0 Å². The van der Waals surface area contributed by atoms with E-state index in [4.69, 9.17) is 4.74 Å². The number of methoxy groups -OCH3 is 1. The molecule has 78 valence electrons. The van der Waals surface area contributed by atoms with Crippen molar-refractivity contribution in [2.75, 3.05) is 27.3 Å². The van der Waals surface area contributed by atoms with Gasteiger partial charge in [0.05, 0.1) is 6.61 Å². The molecule has 1 fully saturated rings. The molecule has 0 N–H and O–H groups in total. The number of likely N-dealkylation sites (tertiary alicyclic amines) is 1. The van der Waals surface area contributed by atoms with Crippen LogP contribution in [0, 0.1) is 5.92 Å². The van der Waals surface area contributed by atoms with Gasteiger partial charge in [0.25, 0.3) is 0 Å². The van der Waals surface area contributed by atoms with Crippen molar-refractivity contribution >= 4 is 0 Å². The van der Waals surface area contributed by atoms with Gasteiger partial charge in [0.15, 0.2) is 0 Å². The van der Waals surface area contributed by atoms with E-state index in [-0.39, 0.29) is 12.0 Å². The third kappa shape index (κ3) is 2.41. The molecule has 0 saturated carbocycles. The summed E-state index contributed by atoms with van der Waals surface area (Å²) in [5.74, 6) is 0.109. The highest BCUT2D eigenvalue weighted by atomic mass is 19.1. The molecule has 1 rings (SSSR count). The fourth-order valence-electron chi connectivity index (χ4n) is 2.22. The van der Waals surface area contributed by atoms with Crippen molar-refractivity contribution in [3.05, 3.63) is 0 Å². The Labute approximate surface area is 80.1 Å². The second-order valence-electron chi connectivity index (χ2n) is 4.46. The van der Waals surface area contributed by atoms with Gasteiger partial charge < -0.3 is 9.64 Å². The Morgan fingerprint density at radius 2 is 2.15 bits per heavy atom. The zero-order valence-electron chi connectivity index (χ0n) is 9.01. The molecule has 1 aliphatic heterocycles. The number of rotatable bonds is 3. The zero-order chi connectivity index (χ0) is 10.1. The molecular formula is C10H20FNO. The Morgan fingerprint density at radius 3 is 2.62 bits per heavy atom. The Kier molecular flexibility index (Phi) is 3.30. The highest BCUT2D eigenvalue weighted by Crippen LogP contribution is 2.34. The standard InChI is InChI=1S/C10H20FNO/c1-10(2,11)8-5-6-12(3)9(8)7-13-4/h8-9H,5-7H2,1-4H3/t8-,9+/m0/s1. The van der Waals surface area contributed by atoms with Gasteiger partial charge in [-0.25, -0.2) is 4.39 Å². The van der Waals surface area contributed by atoms with E-state index in [2.05, 4.69) is 4.90 Å². The lowest BCUT2D eigenvalue weighted by Crippen LogP contribution is -2.40. The van der Waals surface area contributed by atoms with Crippen LogP contribution in [0.5, 0.6) is 0 Å². The highest BCUT2D eigenvalue weighted by Gasteiger charge is 2.41. The molecule has 2 atom stereocenters. The van der Waals surface area contributed by atoms with Crippen molar-refractivity contribution in [2.24, 2.45) is 5.92 Å². The van der Waals surface area contributed by atoms with E-state index in [0.717, 1.165) is 13.0 Å². The number of hydrogen-bond donors (Lipinski definition) is 0. The normalized spacial score (nSPS) is 31.2. The van der Waals surface area contributed by atoms with Gasteiger partial charge in [-0.3, -0.25) is 0 Å². The molecule has 3 heteroatoms. The molecule has 13 heavy (non-hydrogen) atoms. The topological polar surface area (TPSA) is 12.5 Å². The first kappa shape index (κ1) is 10.9. The lowest BCUT2D eigenvalue weighted by Gasteiger charge is -2.30. The van der Waals surface area contributed by atoms with Gasteiger partial charge in [0.2, 0.25) is 0 Å². The summed E-state index contributed by atoms with van der Waals surface area (Å²) in [4.78, 5) is 2.19. The summed E-state index contributed by atoms with van der Waals surface area (Å²) >= 11 is 0. The lowest BCUT2D eigenvalue weighted by molar-refractivity contribution is 0.0480. The monoisotopic (exact) mass is 189 g/mol. The number of halogens is 1. The summed E-state index contributed by atoms with van der Waals surface area (Å²) in [6.45, 7) is 4.94. The van der Waals surface area contributed by atoms with Crippen molar-refractivity contribution < 1.29 is 9.13 Å². The second-order valence-corrected chi connectivity index (χ2v) is 4.46. The first-order chi connectivity index (χ1) is 5.96. The van der Waals surface area contributed by atoms with Crippen molar-refractivity contribution in [1.29, 1.82) is 0 Å². The first-order valence-electron chi connectivity index (χ1n) is 4.85. The molecule has 0 amide bonds. The van der Waals surface area contributed by atoms with E-state index in [1.54, 1.807) is 21.0 Å². The van der Waals surface area contributed by atoms with Gasteiger partial charge in [-0.15, -0.1) is 0 Å². The summed E-state index contributed by atoms with van der Waals surface area (Å²) in [6, 6.07) is 0.241. The summed E-state index contributed by atoms with van der Waals surface area (Å²) < 4.78 is 18.9. The molecule has 2 nitrogen and oxygen atoms in total. The predicted molar refractivity (Wildman–Crippen MR) is 51.6 cm³/mol. The Hall–Kier alpha value is -0.150. The molecular weight excluding hydrogens is 169 g/mol. The average Bonchev–Trinajstić information content (AvgIpc) is 2.32. The van der Waals surface area contributed by atoms with E-state index >= 15 is 0 Å². The molecule has 1 heterocycles. The number of ether oxygens (including phenoxy) is 1. The van der Waals surface area contributed by atoms with Gasteiger partial charge in [-0.2, -0.15) is 0 Å². The van der Waals surface area contributed by atoms with Gasteiger partial charge in [0.1, 0.15) is 5.67 Å². The van der Waals surface area contributed by atoms with E-state index in [0.29, 0.717) is 6.61 Å². The van der Waals surface area contributed by atoms with Gasteiger partial charge in [-0.1, -0.05) is 0 Å². The minimum Gasteiger partial charge on any atom is -0.383 e. The van der Waals surface area contributed by atoms with Crippen LogP contribution >= 0.6 is 0 Å². The van der Waals surface area contributed by atoms with E-state index < -0.39 is 5.67 Å². The Morgan fingerprint density at radius 1 is 1.54 bits per heavy atom. The van der Waals surface area contributed by atoms with Crippen LogP contribution in [0.25, 0.3) is 0 Å². The number of hydrogen-bond acceptors (Lipinski definition) is 2. The summed E-state index contributed by atoms with van der Waals surface area (Å²) in [6.07, 6.45) is 0.939. The van der Waals surface area contributed by atoms with E-state index in [1.807, 2.05) is 7.05 Å². The van der Waals surface area contributed by atoms with E-state index in [9.17, 15) is 4.39 Å². The number of alkyl halides is 1. The van der Waals surface area contributed by atoms with E-state index in [1.165, 1.54) is 0 Å². The molecule has 0 bridgehead atoms. The molecule has 0 aromatic heterocycles. The molecule has 1 saturated heterocycles. The fraction of sp³-hybridized carbons (Fsp3) is 1.00. The molecule has 0 aromatic carbocycles.